The average molecular weight is 322 g/mol. The molecule has 1 aliphatic carbocycles. The zero-order valence-electron chi connectivity index (χ0n) is 10.7. The number of aliphatic hydroxyl groups excluding tert-OH is 1. The number of nitrogens with zero attached hydrogens (tertiary/aromatic N) is 1. The number of phosphoric ester groups is 1. The van der Waals surface area contributed by atoms with Crippen molar-refractivity contribution in [3.63, 3.8) is 0 Å². The van der Waals surface area contributed by atoms with E-state index in [-0.39, 0.29) is 12.8 Å². The van der Waals surface area contributed by atoms with Gasteiger partial charge in [-0.1, -0.05) is 0 Å². The third-order valence-corrected chi connectivity index (χ3v) is 3.99. The fourth-order valence-corrected chi connectivity index (χ4v) is 2.82. The van der Waals surface area contributed by atoms with E-state index in [0.29, 0.717) is 0 Å². The molecule has 1 aliphatic rings. The molecule has 11 heteroatoms. The van der Waals surface area contributed by atoms with Crippen LogP contribution in [-0.2, 0) is 14.8 Å². The Kier molecular flexibility index (Phi) is 4.20. The van der Waals surface area contributed by atoms with Crippen molar-refractivity contribution in [2.45, 2.75) is 24.7 Å². The normalized spacial score (nSPS) is 29.7. The first-order chi connectivity index (χ1) is 9.63. The first-order valence-corrected chi connectivity index (χ1v) is 7.59. The van der Waals surface area contributed by atoms with Crippen LogP contribution in [0, 0.1) is 5.92 Å². The van der Waals surface area contributed by atoms with E-state index in [1.165, 1.54) is 0 Å². The molecule has 0 amide bonds. The first kappa shape index (κ1) is 16.1. The molecule has 0 aromatic carbocycles. The molecule has 118 valence electrons. The summed E-state index contributed by atoms with van der Waals surface area (Å²) in [5.41, 5.74) is -3.50. The fourth-order valence-electron chi connectivity index (χ4n) is 2.43. The van der Waals surface area contributed by atoms with E-state index in [1.807, 2.05) is 4.98 Å². The molecule has 1 fully saturated rings. The Bertz CT molecular complexity index is 678. The lowest BCUT2D eigenvalue weighted by Crippen LogP contribution is -2.50. The van der Waals surface area contributed by atoms with Crippen molar-refractivity contribution in [1.82, 2.24) is 9.55 Å². The molecule has 1 saturated carbocycles. The second-order valence-electron chi connectivity index (χ2n) is 4.89. The summed E-state index contributed by atoms with van der Waals surface area (Å²) in [5.74, 6) is -0.763. The van der Waals surface area contributed by atoms with E-state index in [0.717, 1.165) is 16.8 Å². The molecule has 1 heterocycles. The van der Waals surface area contributed by atoms with Crippen LogP contribution in [0.1, 0.15) is 12.8 Å². The molecule has 5 N–H and O–H groups in total. The molecule has 1 aromatic heterocycles. The van der Waals surface area contributed by atoms with Crippen LogP contribution in [0.25, 0.3) is 0 Å². The van der Waals surface area contributed by atoms with E-state index in [1.54, 1.807) is 0 Å². The summed E-state index contributed by atoms with van der Waals surface area (Å²) < 4.78 is 15.8. The smallest absolute Gasteiger partial charge is 0.388 e. The maximum absolute atomic E-state index is 11.7. The molecule has 0 bridgehead atoms. The molecule has 2 rings (SSSR count). The third-order valence-electron chi connectivity index (χ3n) is 3.50. The van der Waals surface area contributed by atoms with Gasteiger partial charge in [0.2, 0.25) is 0 Å². The fraction of sp³-hybridized carbons (Fsp3) is 0.600. The summed E-state index contributed by atoms with van der Waals surface area (Å²) >= 11 is 0. The number of hydrogen-bond acceptors (Lipinski definition) is 6. The van der Waals surface area contributed by atoms with Gasteiger partial charge in [0, 0.05) is 18.2 Å². The van der Waals surface area contributed by atoms with E-state index < -0.39 is 43.4 Å². The number of rotatable bonds is 4. The minimum Gasteiger partial charge on any atom is -0.388 e. The number of phosphoric acid groups is 1. The number of hydrogen-bond donors (Lipinski definition) is 5. The molecular formula is C10H15N2O8P. The van der Waals surface area contributed by atoms with Gasteiger partial charge in [0.05, 0.1) is 6.61 Å². The second-order valence-corrected chi connectivity index (χ2v) is 6.13. The zero-order valence-corrected chi connectivity index (χ0v) is 11.6. The third kappa shape index (κ3) is 3.31. The standard InChI is InChI=1S/C10H15N2O8P/c13-7-2-4-12(9(15)11-7)10(16)3-1-6(8(10)14)5-20-21(17,18)19/h2,4,6,8,14,16H,1,3,5H2,(H,11,13,15)(H2,17,18,19). The van der Waals surface area contributed by atoms with E-state index in [2.05, 4.69) is 4.52 Å². The SMILES string of the molecule is O=c1ccn(C2(O)CCC(COP(=O)(O)O)C2O)c(=O)[nH]1. The Morgan fingerprint density at radius 2 is 2.14 bits per heavy atom. The maximum atomic E-state index is 11.7. The van der Waals surface area contributed by atoms with Crippen molar-refractivity contribution in [1.29, 1.82) is 0 Å². The van der Waals surface area contributed by atoms with Crippen molar-refractivity contribution < 1.29 is 29.1 Å². The number of aromatic amines is 1. The van der Waals surface area contributed by atoms with Crippen LogP contribution in [-0.4, -0.2) is 42.3 Å². The molecule has 1 aromatic rings. The average Bonchev–Trinajstić information content (AvgIpc) is 2.63. The lowest BCUT2D eigenvalue weighted by atomic mass is 10.0. The number of aliphatic hydroxyl groups is 2. The topological polar surface area (TPSA) is 162 Å². The van der Waals surface area contributed by atoms with Crippen molar-refractivity contribution in [3.8, 4) is 0 Å². The molecule has 3 atom stereocenters. The van der Waals surface area contributed by atoms with Crippen molar-refractivity contribution in [3.05, 3.63) is 33.1 Å². The van der Waals surface area contributed by atoms with Gasteiger partial charge >= 0.3 is 13.5 Å². The molecule has 0 saturated heterocycles. The molecule has 0 radical (unpaired) electrons. The van der Waals surface area contributed by atoms with Crippen LogP contribution in [0.3, 0.4) is 0 Å². The van der Waals surface area contributed by atoms with Crippen LogP contribution < -0.4 is 11.2 Å². The lowest BCUT2D eigenvalue weighted by Gasteiger charge is -2.30. The number of H-pyrrole nitrogens is 1. The summed E-state index contributed by atoms with van der Waals surface area (Å²) in [6.07, 6.45) is -0.276. The molecular weight excluding hydrogens is 307 g/mol. The van der Waals surface area contributed by atoms with Crippen LogP contribution in [0.5, 0.6) is 0 Å². The Balaban J connectivity index is 2.23. The summed E-state index contributed by atoms with van der Waals surface area (Å²) in [6, 6.07) is 1.02. The molecule has 0 spiro atoms. The minimum atomic E-state index is -4.68. The predicted octanol–water partition coefficient (Wildman–Crippen LogP) is -1.94. The zero-order chi connectivity index (χ0) is 15.8. The van der Waals surface area contributed by atoms with Crippen LogP contribution in [0.2, 0.25) is 0 Å². The summed E-state index contributed by atoms with van der Waals surface area (Å²) in [5, 5.41) is 20.6. The van der Waals surface area contributed by atoms with E-state index >= 15 is 0 Å². The van der Waals surface area contributed by atoms with Gasteiger partial charge in [0.1, 0.15) is 6.10 Å². The van der Waals surface area contributed by atoms with Crippen molar-refractivity contribution in [2.75, 3.05) is 6.61 Å². The Morgan fingerprint density at radius 1 is 1.48 bits per heavy atom. The van der Waals surface area contributed by atoms with Gasteiger partial charge in [0.25, 0.3) is 5.56 Å². The summed E-state index contributed by atoms with van der Waals surface area (Å²) in [7, 11) is -4.68. The van der Waals surface area contributed by atoms with Crippen molar-refractivity contribution in [2.24, 2.45) is 5.92 Å². The first-order valence-electron chi connectivity index (χ1n) is 6.06. The summed E-state index contributed by atoms with van der Waals surface area (Å²) in [4.78, 5) is 41.9. The highest BCUT2D eigenvalue weighted by molar-refractivity contribution is 7.46. The molecule has 3 unspecified atom stereocenters. The minimum absolute atomic E-state index is 0.0324. The molecule has 21 heavy (non-hydrogen) atoms. The lowest BCUT2D eigenvalue weighted by molar-refractivity contribution is -0.132. The second kappa shape index (κ2) is 5.48. The Morgan fingerprint density at radius 3 is 2.71 bits per heavy atom. The van der Waals surface area contributed by atoms with E-state index in [9.17, 15) is 24.4 Å². The van der Waals surface area contributed by atoms with E-state index in [4.69, 9.17) is 9.79 Å². The van der Waals surface area contributed by atoms with Gasteiger partial charge in [-0.2, -0.15) is 0 Å². The highest BCUT2D eigenvalue weighted by Gasteiger charge is 2.49. The number of nitrogens with one attached hydrogen (secondary N) is 1. The van der Waals surface area contributed by atoms with Gasteiger partial charge in [-0.15, -0.1) is 0 Å². The summed E-state index contributed by atoms with van der Waals surface area (Å²) in [6.45, 7) is -0.466. The molecule has 0 aliphatic heterocycles. The largest absolute Gasteiger partial charge is 0.469 e. The van der Waals surface area contributed by atoms with Crippen LogP contribution in [0.15, 0.2) is 21.9 Å². The monoisotopic (exact) mass is 322 g/mol. The van der Waals surface area contributed by atoms with Gasteiger partial charge in [0.15, 0.2) is 5.72 Å². The van der Waals surface area contributed by atoms with Gasteiger partial charge in [-0.05, 0) is 12.8 Å². The molecule has 10 nitrogen and oxygen atoms in total. The number of aromatic nitrogens is 2. The predicted molar refractivity (Wildman–Crippen MR) is 68.2 cm³/mol. The Hall–Kier alpha value is -1.29. The quantitative estimate of drug-likeness (QED) is 0.400. The van der Waals surface area contributed by atoms with Crippen molar-refractivity contribution >= 4 is 7.82 Å². The van der Waals surface area contributed by atoms with Gasteiger partial charge in [-0.25, -0.2) is 9.36 Å². The van der Waals surface area contributed by atoms with Crippen LogP contribution >= 0.6 is 7.82 Å². The van der Waals surface area contributed by atoms with Gasteiger partial charge < -0.3 is 20.0 Å². The maximum Gasteiger partial charge on any atom is 0.469 e. The van der Waals surface area contributed by atoms with Crippen LogP contribution in [0.4, 0.5) is 0 Å². The Labute approximate surface area is 117 Å². The van der Waals surface area contributed by atoms with Gasteiger partial charge in [-0.3, -0.25) is 18.9 Å². The highest BCUT2D eigenvalue weighted by atomic mass is 31.2. The highest BCUT2D eigenvalue weighted by Crippen LogP contribution is 2.42.